The van der Waals surface area contributed by atoms with Crippen molar-refractivity contribution in [3.63, 3.8) is 0 Å². The maximum Gasteiger partial charge on any atom is 0.129 e. The second-order valence-corrected chi connectivity index (χ2v) is 4.12. The van der Waals surface area contributed by atoms with Gasteiger partial charge in [0.2, 0.25) is 0 Å². The zero-order valence-corrected chi connectivity index (χ0v) is 10.2. The van der Waals surface area contributed by atoms with Crippen molar-refractivity contribution in [2.75, 3.05) is 5.32 Å². The minimum Gasteiger partial charge on any atom is -0.380 e. The molecule has 2 rings (SSSR count). The molecule has 0 aliphatic carbocycles. The van der Waals surface area contributed by atoms with Crippen LogP contribution in [-0.4, -0.2) is 0 Å². The van der Waals surface area contributed by atoms with Gasteiger partial charge >= 0.3 is 0 Å². The van der Waals surface area contributed by atoms with Crippen LogP contribution in [0.5, 0.6) is 0 Å². The molecule has 1 N–H and O–H groups in total. The molecule has 0 fully saturated rings. The summed E-state index contributed by atoms with van der Waals surface area (Å²) in [4.78, 5) is 0. The van der Waals surface area contributed by atoms with Gasteiger partial charge in [-0.1, -0.05) is 29.8 Å². The van der Waals surface area contributed by atoms with Crippen molar-refractivity contribution in [2.45, 2.75) is 6.54 Å². The Balaban J connectivity index is 2.20. The molecule has 0 aliphatic heterocycles. The second kappa shape index (κ2) is 5.52. The second-order valence-electron chi connectivity index (χ2n) is 3.71. The van der Waals surface area contributed by atoms with Crippen LogP contribution in [-0.2, 0) is 6.54 Å². The quantitative estimate of drug-likeness (QED) is 0.907. The fraction of sp³-hybridized carbons (Fsp3) is 0.0714. The van der Waals surface area contributed by atoms with Gasteiger partial charge in [-0.05, 0) is 24.3 Å². The number of nitrogens with one attached hydrogen (secondary N) is 1. The summed E-state index contributed by atoms with van der Waals surface area (Å²) in [6.45, 7) is 0.240. The molecule has 0 spiro atoms. The predicted octanol–water partition coefficient (Wildman–Crippen LogP) is 3.96. The molecule has 0 unspecified atom stereocenters. The Hall–Kier alpha value is -2.05. The Bertz CT molecular complexity index is 585. The summed E-state index contributed by atoms with van der Waals surface area (Å²) in [5, 5.41) is 12.3. The van der Waals surface area contributed by atoms with Gasteiger partial charge in [0, 0.05) is 17.1 Å². The molecule has 2 aromatic carbocycles. The van der Waals surface area contributed by atoms with Crippen LogP contribution >= 0.6 is 11.6 Å². The Kier molecular flexibility index (Phi) is 3.81. The molecule has 0 aliphatic rings. The first kappa shape index (κ1) is 12.4. The average Bonchev–Trinajstić information content (AvgIpc) is 2.38. The van der Waals surface area contributed by atoms with Crippen LogP contribution < -0.4 is 5.32 Å². The summed E-state index contributed by atoms with van der Waals surface area (Å²) in [5.41, 5.74) is 1.58. The van der Waals surface area contributed by atoms with Gasteiger partial charge in [-0.2, -0.15) is 5.26 Å². The Morgan fingerprint density at radius 1 is 1.17 bits per heavy atom. The van der Waals surface area contributed by atoms with Crippen molar-refractivity contribution in [1.29, 1.82) is 5.26 Å². The number of anilines is 1. The molecule has 0 saturated carbocycles. The van der Waals surface area contributed by atoms with Crippen molar-refractivity contribution in [3.8, 4) is 6.07 Å². The van der Waals surface area contributed by atoms with Crippen molar-refractivity contribution in [1.82, 2.24) is 0 Å². The highest BCUT2D eigenvalue weighted by atomic mass is 35.5. The van der Waals surface area contributed by atoms with E-state index in [-0.39, 0.29) is 12.4 Å². The third kappa shape index (κ3) is 2.61. The van der Waals surface area contributed by atoms with E-state index in [9.17, 15) is 4.39 Å². The number of rotatable bonds is 3. The number of nitriles is 1. The van der Waals surface area contributed by atoms with Gasteiger partial charge in [0.15, 0.2) is 0 Å². The zero-order valence-electron chi connectivity index (χ0n) is 9.45. The number of para-hydroxylation sites is 1. The van der Waals surface area contributed by atoms with Crippen LogP contribution in [0.1, 0.15) is 11.1 Å². The van der Waals surface area contributed by atoms with Crippen LogP contribution in [0.2, 0.25) is 5.02 Å². The number of nitrogens with zero attached hydrogens (tertiary/aromatic N) is 1. The van der Waals surface area contributed by atoms with E-state index >= 15 is 0 Å². The van der Waals surface area contributed by atoms with E-state index in [4.69, 9.17) is 16.9 Å². The van der Waals surface area contributed by atoms with Gasteiger partial charge < -0.3 is 5.32 Å². The fourth-order valence-corrected chi connectivity index (χ4v) is 1.85. The lowest BCUT2D eigenvalue weighted by molar-refractivity contribution is 0.613. The minimum atomic E-state index is -0.357. The smallest absolute Gasteiger partial charge is 0.129 e. The molecule has 2 aromatic rings. The third-order valence-electron chi connectivity index (χ3n) is 2.56. The van der Waals surface area contributed by atoms with E-state index in [2.05, 4.69) is 11.4 Å². The molecule has 2 nitrogen and oxygen atoms in total. The normalized spacial score (nSPS) is 9.83. The first-order valence-electron chi connectivity index (χ1n) is 5.38. The van der Waals surface area contributed by atoms with Crippen LogP contribution in [0.15, 0.2) is 42.5 Å². The van der Waals surface area contributed by atoms with Gasteiger partial charge in [0.05, 0.1) is 11.3 Å². The van der Waals surface area contributed by atoms with Crippen molar-refractivity contribution >= 4 is 17.3 Å². The SMILES string of the molecule is N#Cc1ccccc1NCc1c(F)cccc1Cl. The minimum absolute atomic E-state index is 0.240. The van der Waals surface area contributed by atoms with Gasteiger partial charge in [-0.15, -0.1) is 0 Å². The van der Waals surface area contributed by atoms with Crippen molar-refractivity contribution in [2.24, 2.45) is 0 Å². The predicted molar refractivity (Wildman–Crippen MR) is 69.9 cm³/mol. The molecule has 4 heteroatoms. The number of benzene rings is 2. The maximum atomic E-state index is 13.5. The van der Waals surface area contributed by atoms with Crippen LogP contribution in [0.4, 0.5) is 10.1 Å². The van der Waals surface area contributed by atoms with E-state index in [0.29, 0.717) is 21.8 Å². The van der Waals surface area contributed by atoms with Crippen LogP contribution in [0, 0.1) is 17.1 Å². The molecular weight excluding hydrogens is 251 g/mol. The lowest BCUT2D eigenvalue weighted by Gasteiger charge is -2.10. The first-order chi connectivity index (χ1) is 8.72. The van der Waals surface area contributed by atoms with E-state index < -0.39 is 0 Å². The van der Waals surface area contributed by atoms with Crippen molar-refractivity contribution < 1.29 is 4.39 Å². The van der Waals surface area contributed by atoms with E-state index in [1.54, 1.807) is 30.3 Å². The summed E-state index contributed by atoms with van der Waals surface area (Å²) in [6, 6.07) is 13.7. The molecule has 18 heavy (non-hydrogen) atoms. The van der Waals surface area contributed by atoms with Crippen molar-refractivity contribution in [3.05, 3.63) is 64.4 Å². The van der Waals surface area contributed by atoms with E-state index in [0.717, 1.165) is 0 Å². The number of hydrogen-bond acceptors (Lipinski definition) is 2. The maximum absolute atomic E-state index is 13.5. The third-order valence-corrected chi connectivity index (χ3v) is 2.92. The van der Waals surface area contributed by atoms with E-state index in [1.165, 1.54) is 6.07 Å². The molecule has 0 heterocycles. The highest BCUT2D eigenvalue weighted by molar-refractivity contribution is 6.31. The summed E-state index contributed by atoms with van der Waals surface area (Å²) in [5.74, 6) is -0.357. The standard InChI is InChI=1S/C14H10ClFN2/c15-12-5-3-6-13(16)11(12)9-18-14-7-2-1-4-10(14)8-17/h1-7,18H,9H2. The fourth-order valence-electron chi connectivity index (χ4n) is 1.62. The molecule has 90 valence electrons. The number of halogens is 2. The number of hydrogen-bond donors (Lipinski definition) is 1. The molecular formula is C14H10ClFN2. The summed E-state index contributed by atoms with van der Waals surface area (Å²) >= 11 is 5.92. The Morgan fingerprint density at radius 3 is 2.67 bits per heavy atom. The zero-order chi connectivity index (χ0) is 13.0. The van der Waals surface area contributed by atoms with Crippen LogP contribution in [0.3, 0.4) is 0 Å². The molecule has 0 saturated heterocycles. The highest BCUT2D eigenvalue weighted by Gasteiger charge is 2.07. The van der Waals surface area contributed by atoms with Gasteiger partial charge in [-0.3, -0.25) is 0 Å². The monoisotopic (exact) mass is 260 g/mol. The lowest BCUT2D eigenvalue weighted by atomic mass is 10.1. The van der Waals surface area contributed by atoms with Gasteiger partial charge in [0.1, 0.15) is 11.9 Å². The molecule has 0 amide bonds. The van der Waals surface area contributed by atoms with Gasteiger partial charge in [0.25, 0.3) is 0 Å². The first-order valence-corrected chi connectivity index (χ1v) is 5.76. The average molecular weight is 261 g/mol. The molecule has 0 bridgehead atoms. The summed E-state index contributed by atoms with van der Waals surface area (Å²) in [7, 11) is 0. The van der Waals surface area contributed by atoms with Crippen LogP contribution in [0.25, 0.3) is 0 Å². The molecule has 0 aromatic heterocycles. The lowest BCUT2D eigenvalue weighted by Crippen LogP contribution is -2.03. The molecule has 0 atom stereocenters. The Labute approximate surface area is 110 Å². The highest BCUT2D eigenvalue weighted by Crippen LogP contribution is 2.21. The van der Waals surface area contributed by atoms with E-state index in [1.807, 2.05) is 6.07 Å². The largest absolute Gasteiger partial charge is 0.380 e. The summed E-state index contributed by atoms with van der Waals surface area (Å²) < 4.78 is 13.5. The Morgan fingerprint density at radius 2 is 1.94 bits per heavy atom. The van der Waals surface area contributed by atoms with Gasteiger partial charge in [-0.25, -0.2) is 4.39 Å². The summed E-state index contributed by atoms with van der Waals surface area (Å²) in [6.07, 6.45) is 0. The topological polar surface area (TPSA) is 35.8 Å². The molecule has 0 radical (unpaired) electrons.